The Labute approximate surface area is 193 Å². The van der Waals surface area contributed by atoms with Gasteiger partial charge in [-0.25, -0.2) is 14.4 Å². The van der Waals surface area contributed by atoms with Crippen LogP contribution in [0.1, 0.15) is 20.7 Å². The van der Waals surface area contributed by atoms with Gasteiger partial charge in [0.15, 0.2) is 0 Å². The summed E-state index contributed by atoms with van der Waals surface area (Å²) < 4.78 is 9.35. The minimum absolute atomic E-state index is 0.127. The van der Waals surface area contributed by atoms with E-state index in [-0.39, 0.29) is 22.6 Å². The lowest BCUT2D eigenvalue weighted by Crippen LogP contribution is -2.19. The molecule has 0 aliphatic rings. The van der Waals surface area contributed by atoms with E-state index in [1.54, 1.807) is 48.5 Å². The van der Waals surface area contributed by atoms with Gasteiger partial charge in [-0.2, -0.15) is 0 Å². The molecular weight excluding hydrogens is 440 g/mol. The summed E-state index contributed by atoms with van der Waals surface area (Å²) in [5.41, 5.74) is 1.25. The van der Waals surface area contributed by atoms with E-state index in [0.29, 0.717) is 32.9 Å². The molecule has 9 heteroatoms. The molecule has 172 valence electrons. The molecule has 0 saturated carbocycles. The number of esters is 2. The molecule has 0 saturated heterocycles. The highest BCUT2D eigenvalue weighted by Gasteiger charge is 2.13. The average Bonchev–Trinajstić information content (AvgIpc) is 2.83. The van der Waals surface area contributed by atoms with E-state index >= 15 is 0 Å². The largest absolute Gasteiger partial charge is 0.507 e. The van der Waals surface area contributed by atoms with Crippen molar-refractivity contribution >= 4 is 50.9 Å². The molecule has 4 aromatic rings. The number of anilines is 2. The van der Waals surface area contributed by atoms with Crippen molar-refractivity contribution in [3.63, 3.8) is 0 Å². The topological polar surface area (TPSA) is 134 Å². The first-order valence-corrected chi connectivity index (χ1v) is 10.1. The third-order valence-corrected chi connectivity index (χ3v) is 5.22. The number of methoxy groups -OCH3 is 2. The van der Waals surface area contributed by atoms with Crippen molar-refractivity contribution in [3.8, 4) is 11.5 Å². The average molecular weight is 460 g/mol. The number of ether oxygens (including phenoxy) is 2. The fraction of sp³-hybridized carbons (Fsp3) is 0.0800. The second-order valence-electron chi connectivity index (χ2n) is 7.42. The van der Waals surface area contributed by atoms with Gasteiger partial charge in [0, 0.05) is 22.1 Å². The van der Waals surface area contributed by atoms with Gasteiger partial charge in [-0.3, -0.25) is 0 Å². The minimum atomic E-state index is -0.568. The number of aromatic hydroxyl groups is 2. The lowest BCUT2D eigenvalue weighted by atomic mass is 10.0. The fourth-order valence-corrected chi connectivity index (χ4v) is 3.60. The monoisotopic (exact) mass is 460 g/mol. The van der Waals surface area contributed by atoms with Crippen LogP contribution in [-0.2, 0) is 9.47 Å². The number of fused-ring (bicyclic) bond motifs is 2. The second-order valence-corrected chi connectivity index (χ2v) is 7.42. The first-order valence-electron chi connectivity index (χ1n) is 10.1. The van der Waals surface area contributed by atoms with Gasteiger partial charge in [-0.1, -0.05) is 12.1 Å². The molecule has 0 aromatic heterocycles. The van der Waals surface area contributed by atoms with Crippen LogP contribution in [0.3, 0.4) is 0 Å². The molecule has 0 bridgehead atoms. The number of benzene rings is 4. The van der Waals surface area contributed by atoms with E-state index in [1.807, 2.05) is 0 Å². The van der Waals surface area contributed by atoms with E-state index in [1.165, 1.54) is 26.4 Å². The Morgan fingerprint density at radius 3 is 1.44 bits per heavy atom. The van der Waals surface area contributed by atoms with Crippen molar-refractivity contribution in [1.82, 2.24) is 0 Å². The first-order chi connectivity index (χ1) is 16.3. The smallest absolute Gasteiger partial charge is 0.338 e. The Hall–Kier alpha value is -4.79. The number of hydrogen-bond donors (Lipinski definition) is 4. The maximum atomic E-state index is 12.5. The lowest BCUT2D eigenvalue weighted by Gasteiger charge is -2.11. The van der Waals surface area contributed by atoms with Crippen molar-refractivity contribution in [1.29, 1.82) is 0 Å². The van der Waals surface area contributed by atoms with Gasteiger partial charge in [-0.15, -0.1) is 0 Å². The van der Waals surface area contributed by atoms with Crippen LogP contribution in [0.4, 0.5) is 16.2 Å². The molecule has 0 spiro atoms. The van der Waals surface area contributed by atoms with E-state index in [2.05, 4.69) is 20.1 Å². The summed E-state index contributed by atoms with van der Waals surface area (Å²) in [6.07, 6.45) is 0. The SMILES string of the molecule is COC(=O)c1cc(O)c2cc(NC(=O)Nc3ccc4cc(C(=O)OC)cc(O)c4c3)ccc2c1. The van der Waals surface area contributed by atoms with Crippen molar-refractivity contribution in [2.75, 3.05) is 24.9 Å². The molecule has 34 heavy (non-hydrogen) atoms. The third-order valence-electron chi connectivity index (χ3n) is 5.22. The van der Waals surface area contributed by atoms with Crippen LogP contribution in [0.15, 0.2) is 60.7 Å². The number of amides is 2. The normalized spacial score (nSPS) is 10.6. The molecule has 4 aromatic carbocycles. The molecule has 0 unspecified atom stereocenters. The number of phenols is 2. The molecule has 0 aliphatic carbocycles. The van der Waals surface area contributed by atoms with Crippen LogP contribution in [0, 0.1) is 0 Å². The van der Waals surface area contributed by atoms with E-state index in [0.717, 1.165) is 0 Å². The standard InChI is InChI=1S/C25H20N2O7/c1-33-23(30)15-7-13-3-5-17(11-19(13)21(28)9-15)26-25(32)27-18-6-4-14-8-16(24(31)34-2)10-22(29)20(14)12-18/h3-12,28-29H,1-2H3,(H2,26,27,32). The third kappa shape index (κ3) is 4.40. The van der Waals surface area contributed by atoms with Crippen LogP contribution in [0.5, 0.6) is 11.5 Å². The van der Waals surface area contributed by atoms with Crippen molar-refractivity contribution in [2.24, 2.45) is 0 Å². The van der Waals surface area contributed by atoms with E-state index in [9.17, 15) is 24.6 Å². The van der Waals surface area contributed by atoms with Gasteiger partial charge in [0.2, 0.25) is 0 Å². The van der Waals surface area contributed by atoms with Gasteiger partial charge in [0.25, 0.3) is 0 Å². The fourth-order valence-electron chi connectivity index (χ4n) is 3.60. The van der Waals surface area contributed by atoms with Crippen LogP contribution >= 0.6 is 0 Å². The summed E-state index contributed by atoms with van der Waals surface area (Å²) in [7, 11) is 2.51. The number of phenolic OH excluding ortho intramolecular Hbond substituents is 2. The zero-order valence-corrected chi connectivity index (χ0v) is 18.2. The minimum Gasteiger partial charge on any atom is -0.507 e. The number of nitrogens with one attached hydrogen (secondary N) is 2. The van der Waals surface area contributed by atoms with Crippen LogP contribution < -0.4 is 10.6 Å². The van der Waals surface area contributed by atoms with Crippen LogP contribution in [0.2, 0.25) is 0 Å². The Kier molecular flexibility index (Phi) is 5.92. The Balaban J connectivity index is 1.54. The predicted molar refractivity (Wildman–Crippen MR) is 127 cm³/mol. The Bertz CT molecular complexity index is 1350. The quantitative estimate of drug-likeness (QED) is 0.326. The van der Waals surface area contributed by atoms with Crippen LogP contribution in [-0.4, -0.2) is 42.4 Å². The molecule has 2 amide bonds. The summed E-state index contributed by atoms with van der Waals surface area (Å²) in [6.45, 7) is 0. The number of carbonyl (C=O) groups excluding carboxylic acids is 3. The summed E-state index contributed by atoms with van der Waals surface area (Å²) in [4.78, 5) is 36.0. The highest BCUT2D eigenvalue weighted by molar-refractivity contribution is 6.05. The molecular formula is C25H20N2O7. The summed E-state index contributed by atoms with van der Waals surface area (Å²) >= 11 is 0. The zero-order valence-electron chi connectivity index (χ0n) is 18.2. The van der Waals surface area contributed by atoms with Crippen molar-refractivity contribution < 1.29 is 34.1 Å². The van der Waals surface area contributed by atoms with Gasteiger partial charge in [0.05, 0.1) is 25.3 Å². The highest BCUT2D eigenvalue weighted by atomic mass is 16.5. The Morgan fingerprint density at radius 2 is 1.06 bits per heavy atom. The summed E-state index contributed by atoms with van der Waals surface area (Å²) in [5, 5.41) is 28.0. The molecule has 0 fully saturated rings. The highest BCUT2D eigenvalue weighted by Crippen LogP contribution is 2.31. The van der Waals surface area contributed by atoms with Crippen molar-refractivity contribution in [2.45, 2.75) is 0 Å². The van der Waals surface area contributed by atoms with E-state index < -0.39 is 18.0 Å². The molecule has 4 rings (SSSR count). The number of carbonyl (C=O) groups is 3. The van der Waals surface area contributed by atoms with Gasteiger partial charge < -0.3 is 30.3 Å². The molecule has 0 heterocycles. The number of rotatable bonds is 4. The first kappa shape index (κ1) is 22.4. The second kappa shape index (κ2) is 8.99. The predicted octanol–water partition coefficient (Wildman–Crippen LogP) is 4.62. The van der Waals surface area contributed by atoms with Crippen LogP contribution in [0.25, 0.3) is 21.5 Å². The maximum absolute atomic E-state index is 12.5. The number of hydrogen-bond acceptors (Lipinski definition) is 7. The zero-order chi connectivity index (χ0) is 24.4. The molecule has 0 aliphatic heterocycles. The van der Waals surface area contributed by atoms with Gasteiger partial charge in [-0.05, 0) is 59.3 Å². The van der Waals surface area contributed by atoms with E-state index in [4.69, 9.17) is 0 Å². The molecule has 0 atom stereocenters. The van der Waals surface area contributed by atoms with Crippen molar-refractivity contribution in [3.05, 3.63) is 71.8 Å². The number of urea groups is 1. The molecule has 0 radical (unpaired) electrons. The molecule has 9 nitrogen and oxygen atoms in total. The van der Waals surface area contributed by atoms with Gasteiger partial charge >= 0.3 is 18.0 Å². The summed E-state index contributed by atoms with van der Waals surface area (Å²) in [6, 6.07) is 14.9. The van der Waals surface area contributed by atoms with Gasteiger partial charge in [0.1, 0.15) is 11.5 Å². The Morgan fingerprint density at radius 1 is 0.647 bits per heavy atom. The maximum Gasteiger partial charge on any atom is 0.338 e. The summed E-state index contributed by atoms with van der Waals surface area (Å²) in [5.74, 6) is -1.39. The molecule has 4 N–H and O–H groups in total. The lowest BCUT2D eigenvalue weighted by molar-refractivity contribution is 0.0592.